The second kappa shape index (κ2) is 6.23. The minimum atomic E-state index is -3.70. The van der Waals surface area contributed by atoms with Crippen molar-refractivity contribution in [3.8, 4) is 0 Å². The number of carbonyl (C=O) groups excluding carboxylic acids is 1. The summed E-state index contributed by atoms with van der Waals surface area (Å²) in [5.41, 5.74) is 11.4. The third-order valence-electron chi connectivity index (χ3n) is 2.55. The molecular formula is C11H16ClN3O3S. The molecule has 1 rings (SSSR count). The van der Waals surface area contributed by atoms with E-state index in [1.807, 2.05) is 0 Å². The van der Waals surface area contributed by atoms with Crippen LogP contribution in [0.4, 0.5) is 5.69 Å². The van der Waals surface area contributed by atoms with Crippen LogP contribution in [0, 0.1) is 6.92 Å². The predicted octanol–water partition coefficient (Wildman–Crippen LogP) is 0.774. The molecule has 19 heavy (non-hydrogen) atoms. The number of hydrogen-bond donors (Lipinski definition) is 3. The largest absolute Gasteiger partial charge is 0.398 e. The first kappa shape index (κ1) is 15.7. The van der Waals surface area contributed by atoms with Crippen LogP contribution in [0.15, 0.2) is 17.0 Å². The van der Waals surface area contributed by atoms with Gasteiger partial charge in [0.05, 0.1) is 4.90 Å². The van der Waals surface area contributed by atoms with Crippen LogP contribution in [0.25, 0.3) is 0 Å². The Bertz CT molecular complexity index is 587. The van der Waals surface area contributed by atoms with Crippen molar-refractivity contribution in [1.29, 1.82) is 0 Å². The normalized spacial score (nSPS) is 11.5. The molecule has 0 unspecified atom stereocenters. The van der Waals surface area contributed by atoms with E-state index in [9.17, 15) is 13.2 Å². The van der Waals surface area contributed by atoms with Gasteiger partial charge in [0.2, 0.25) is 15.9 Å². The van der Waals surface area contributed by atoms with Crippen molar-refractivity contribution in [3.63, 3.8) is 0 Å². The number of rotatable bonds is 6. The molecule has 0 aliphatic carbocycles. The minimum absolute atomic E-state index is 0.0385. The molecule has 0 saturated heterocycles. The van der Waals surface area contributed by atoms with E-state index in [4.69, 9.17) is 23.1 Å². The third-order valence-corrected chi connectivity index (χ3v) is 4.35. The highest BCUT2D eigenvalue weighted by Crippen LogP contribution is 2.25. The Labute approximate surface area is 117 Å². The molecule has 0 aromatic heterocycles. The number of anilines is 1. The lowest BCUT2D eigenvalue weighted by Crippen LogP contribution is -2.26. The van der Waals surface area contributed by atoms with Crippen molar-refractivity contribution < 1.29 is 13.2 Å². The molecule has 0 aliphatic rings. The fourth-order valence-corrected chi connectivity index (χ4v) is 3.16. The molecule has 0 aliphatic heterocycles. The molecule has 1 amide bonds. The van der Waals surface area contributed by atoms with Crippen molar-refractivity contribution >= 4 is 33.2 Å². The smallest absolute Gasteiger partial charge is 0.240 e. The van der Waals surface area contributed by atoms with Gasteiger partial charge in [-0.3, -0.25) is 4.79 Å². The van der Waals surface area contributed by atoms with Crippen LogP contribution in [-0.2, 0) is 14.8 Å². The van der Waals surface area contributed by atoms with Gasteiger partial charge in [0.15, 0.2) is 0 Å². The van der Waals surface area contributed by atoms with E-state index in [2.05, 4.69) is 4.72 Å². The number of benzene rings is 1. The molecule has 5 N–H and O–H groups in total. The SMILES string of the molecule is Cc1c(N)cc(Cl)cc1S(=O)(=O)NCCCC(N)=O. The summed E-state index contributed by atoms with van der Waals surface area (Å²) in [7, 11) is -3.70. The molecule has 6 nitrogen and oxygen atoms in total. The zero-order chi connectivity index (χ0) is 14.6. The first-order valence-corrected chi connectivity index (χ1v) is 7.43. The van der Waals surface area contributed by atoms with Crippen LogP contribution in [0.2, 0.25) is 5.02 Å². The van der Waals surface area contributed by atoms with Gasteiger partial charge in [-0.05, 0) is 31.0 Å². The highest BCUT2D eigenvalue weighted by molar-refractivity contribution is 7.89. The highest BCUT2D eigenvalue weighted by Gasteiger charge is 2.18. The molecule has 0 bridgehead atoms. The van der Waals surface area contributed by atoms with Crippen molar-refractivity contribution in [1.82, 2.24) is 4.72 Å². The van der Waals surface area contributed by atoms with E-state index in [-0.39, 0.29) is 22.9 Å². The van der Waals surface area contributed by atoms with Gasteiger partial charge >= 0.3 is 0 Å². The molecule has 1 aromatic rings. The Hall–Kier alpha value is -1.31. The molecule has 0 atom stereocenters. The lowest BCUT2D eigenvalue weighted by atomic mass is 10.2. The molecule has 1 aromatic carbocycles. The number of amides is 1. The summed E-state index contributed by atoms with van der Waals surface area (Å²) >= 11 is 5.80. The van der Waals surface area contributed by atoms with Crippen molar-refractivity contribution in [2.75, 3.05) is 12.3 Å². The summed E-state index contributed by atoms with van der Waals surface area (Å²) < 4.78 is 26.5. The highest BCUT2D eigenvalue weighted by atomic mass is 35.5. The molecule has 0 saturated carbocycles. The Morgan fingerprint density at radius 3 is 2.63 bits per heavy atom. The molecule has 0 fully saturated rings. The maximum Gasteiger partial charge on any atom is 0.240 e. The van der Waals surface area contributed by atoms with Crippen LogP contribution in [0.5, 0.6) is 0 Å². The Morgan fingerprint density at radius 1 is 1.42 bits per heavy atom. The van der Waals surface area contributed by atoms with E-state index in [1.54, 1.807) is 6.92 Å². The second-order valence-electron chi connectivity index (χ2n) is 4.09. The Kier molecular flexibility index (Phi) is 5.16. The molecule has 0 heterocycles. The number of carbonyl (C=O) groups is 1. The first-order chi connectivity index (χ1) is 8.74. The fraction of sp³-hybridized carbons (Fsp3) is 0.364. The average Bonchev–Trinajstić information content (AvgIpc) is 2.29. The zero-order valence-electron chi connectivity index (χ0n) is 10.4. The lowest BCUT2D eigenvalue weighted by molar-refractivity contribution is -0.118. The molecule has 0 radical (unpaired) electrons. The van der Waals surface area contributed by atoms with E-state index in [1.165, 1.54) is 12.1 Å². The summed E-state index contributed by atoms with van der Waals surface area (Å²) in [6, 6.07) is 2.83. The van der Waals surface area contributed by atoms with Crippen LogP contribution < -0.4 is 16.2 Å². The fourth-order valence-electron chi connectivity index (χ4n) is 1.50. The number of nitrogens with two attached hydrogens (primary N) is 2. The van der Waals surface area contributed by atoms with E-state index >= 15 is 0 Å². The molecule has 8 heteroatoms. The maximum absolute atomic E-state index is 12.1. The topological polar surface area (TPSA) is 115 Å². The van der Waals surface area contributed by atoms with Crippen molar-refractivity contribution in [3.05, 3.63) is 22.7 Å². The third kappa shape index (κ3) is 4.38. The maximum atomic E-state index is 12.1. The predicted molar refractivity (Wildman–Crippen MR) is 74.2 cm³/mol. The number of primary amides is 1. The van der Waals surface area contributed by atoms with Crippen molar-refractivity contribution in [2.45, 2.75) is 24.7 Å². The van der Waals surface area contributed by atoms with Gasteiger partial charge in [-0.25, -0.2) is 13.1 Å². The van der Waals surface area contributed by atoms with Gasteiger partial charge in [0.25, 0.3) is 0 Å². The summed E-state index contributed by atoms with van der Waals surface area (Å²) in [6.07, 6.45) is 0.461. The number of halogens is 1. The van der Waals surface area contributed by atoms with Gasteiger partial charge in [0, 0.05) is 23.7 Å². The first-order valence-electron chi connectivity index (χ1n) is 5.57. The van der Waals surface area contributed by atoms with Crippen LogP contribution in [0.1, 0.15) is 18.4 Å². The average molecular weight is 306 g/mol. The molecular weight excluding hydrogens is 290 g/mol. The van der Waals surface area contributed by atoms with E-state index < -0.39 is 15.9 Å². The Balaban J connectivity index is 2.86. The number of nitrogens with one attached hydrogen (secondary N) is 1. The monoisotopic (exact) mass is 305 g/mol. The van der Waals surface area contributed by atoms with E-state index in [0.29, 0.717) is 17.7 Å². The molecule has 106 valence electrons. The Morgan fingerprint density at radius 2 is 2.05 bits per heavy atom. The van der Waals surface area contributed by atoms with Gasteiger partial charge in [-0.15, -0.1) is 0 Å². The quantitative estimate of drug-likeness (QED) is 0.532. The van der Waals surface area contributed by atoms with Crippen LogP contribution in [-0.4, -0.2) is 20.9 Å². The van der Waals surface area contributed by atoms with Crippen molar-refractivity contribution in [2.24, 2.45) is 5.73 Å². The minimum Gasteiger partial charge on any atom is -0.398 e. The van der Waals surface area contributed by atoms with Gasteiger partial charge < -0.3 is 11.5 Å². The van der Waals surface area contributed by atoms with Gasteiger partial charge in [-0.2, -0.15) is 0 Å². The van der Waals surface area contributed by atoms with Gasteiger partial charge in [0.1, 0.15) is 0 Å². The van der Waals surface area contributed by atoms with Crippen LogP contribution in [0.3, 0.4) is 0 Å². The van der Waals surface area contributed by atoms with Gasteiger partial charge in [-0.1, -0.05) is 11.6 Å². The molecule has 0 spiro atoms. The summed E-state index contributed by atoms with van der Waals surface area (Å²) in [5.74, 6) is -0.470. The van der Waals surface area contributed by atoms with E-state index in [0.717, 1.165) is 0 Å². The zero-order valence-corrected chi connectivity index (χ0v) is 12.0. The lowest BCUT2D eigenvalue weighted by Gasteiger charge is -2.11. The summed E-state index contributed by atoms with van der Waals surface area (Å²) in [6.45, 7) is 1.72. The number of nitrogen functional groups attached to an aromatic ring is 1. The number of hydrogen-bond acceptors (Lipinski definition) is 4. The second-order valence-corrected chi connectivity index (χ2v) is 6.26. The number of sulfonamides is 1. The summed E-state index contributed by atoms with van der Waals surface area (Å²) in [5, 5.41) is 0.251. The summed E-state index contributed by atoms with van der Waals surface area (Å²) in [4.78, 5) is 10.6. The van der Waals surface area contributed by atoms with Crippen LogP contribution >= 0.6 is 11.6 Å². The standard InChI is InChI=1S/C11H16ClN3O3S/c1-7-9(13)5-8(12)6-10(7)19(17,18)15-4-2-3-11(14)16/h5-6,15H,2-4,13H2,1H3,(H2,14,16).